The molecule has 0 aliphatic heterocycles. The number of nitrogens with one attached hydrogen (secondary N) is 1. The first-order valence-electron chi connectivity index (χ1n) is 9.42. The van der Waals surface area contributed by atoms with Crippen molar-refractivity contribution in [2.75, 3.05) is 25.1 Å². The van der Waals surface area contributed by atoms with E-state index < -0.39 is 39.8 Å². The van der Waals surface area contributed by atoms with E-state index in [1.165, 1.54) is 38.5 Å². The second-order valence-electron chi connectivity index (χ2n) is 7.87. The lowest BCUT2D eigenvalue weighted by Crippen LogP contribution is -2.47. The van der Waals surface area contributed by atoms with Crippen LogP contribution in [-0.2, 0) is 21.0 Å². The minimum Gasteiger partial charge on any atom is -0.493 e. The maximum atomic E-state index is 13.4. The van der Waals surface area contributed by atoms with Gasteiger partial charge in [0.15, 0.2) is 11.5 Å². The van der Waals surface area contributed by atoms with Crippen LogP contribution in [0.1, 0.15) is 26.3 Å². The largest absolute Gasteiger partial charge is 0.493 e. The van der Waals surface area contributed by atoms with Crippen molar-refractivity contribution in [1.29, 1.82) is 0 Å². The Hall–Kier alpha value is -2.95. The molecule has 0 unspecified atom stereocenters. The fraction of sp³-hybridized carbons (Fsp3) is 0.381. The first-order valence-corrected chi connectivity index (χ1v) is 10.9. The maximum Gasteiger partial charge on any atom is 0.416 e. The number of sulfonamides is 1. The van der Waals surface area contributed by atoms with E-state index in [1.807, 2.05) is 0 Å². The Morgan fingerprint density at radius 1 is 1.00 bits per heavy atom. The van der Waals surface area contributed by atoms with Gasteiger partial charge in [0, 0.05) is 11.6 Å². The summed E-state index contributed by atoms with van der Waals surface area (Å²) in [6.07, 6.45) is -4.69. The van der Waals surface area contributed by atoms with Gasteiger partial charge < -0.3 is 14.8 Å². The topological polar surface area (TPSA) is 84.9 Å². The summed E-state index contributed by atoms with van der Waals surface area (Å²) in [6, 6.07) is 7.53. The Morgan fingerprint density at radius 3 is 2.16 bits per heavy atom. The van der Waals surface area contributed by atoms with Crippen molar-refractivity contribution in [3.63, 3.8) is 0 Å². The summed E-state index contributed by atoms with van der Waals surface area (Å²) in [4.78, 5) is 12.3. The molecule has 11 heteroatoms. The first-order chi connectivity index (χ1) is 14.7. The molecule has 0 saturated heterocycles. The number of benzene rings is 2. The van der Waals surface area contributed by atoms with E-state index in [9.17, 15) is 26.4 Å². The molecule has 0 fully saturated rings. The quantitative estimate of drug-likeness (QED) is 0.659. The van der Waals surface area contributed by atoms with Gasteiger partial charge in [-0.1, -0.05) is 6.07 Å². The van der Waals surface area contributed by atoms with E-state index in [0.29, 0.717) is 10.4 Å². The molecule has 32 heavy (non-hydrogen) atoms. The lowest BCUT2D eigenvalue weighted by atomic mass is 10.1. The monoisotopic (exact) mass is 474 g/mol. The Bertz CT molecular complexity index is 1080. The van der Waals surface area contributed by atoms with Crippen molar-refractivity contribution in [3.05, 3.63) is 48.0 Å². The van der Waals surface area contributed by atoms with Crippen LogP contribution in [0.5, 0.6) is 11.5 Å². The minimum absolute atomic E-state index is 0.108. The fourth-order valence-electron chi connectivity index (χ4n) is 2.84. The predicted octanol–water partition coefficient (Wildman–Crippen LogP) is 3.83. The van der Waals surface area contributed by atoms with Crippen LogP contribution in [0.15, 0.2) is 47.4 Å². The number of carbonyl (C=O) groups excluding carboxylic acids is 1. The number of methoxy groups -OCH3 is 2. The van der Waals surface area contributed by atoms with Crippen LogP contribution < -0.4 is 19.1 Å². The normalized spacial score (nSPS) is 12.2. The third-order valence-electron chi connectivity index (χ3n) is 4.21. The fourth-order valence-corrected chi connectivity index (χ4v) is 4.27. The van der Waals surface area contributed by atoms with E-state index in [0.717, 1.165) is 12.1 Å². The van der Waals surface area contributed by atoms with E-state index in [2.05, 4.69) is 5.32 Å². The molecule has 1 N–H and O–H groups in total. The van der Waals surface area contributed by atoms with E-state index in [1.54, 1.807) is 20.8 Å². The van der Waals surface area contributed by atoms with Gasteiger partial charge in [-0.2, -0.15) is 13.2 Å². The number of ether oxygens (including phenoxy) is 2. The lowest BCUT2D eigenvalue weighted by Gasteiger charge is -2.27. The summed E-state index contributed by atoms with van der Waals surface area (Å²) < 4.78 is 77.4. The number of halogens is 3. The maximum absolute atomic E-state index is 13.4. The minimum atomic E-state index is -4.69. The van der Waals surface area contributed by atoms with Crippen LogP contribution in [0.4, 0.5) is 18.9 Å². The van der Waals surface area contributed by atoms with Gasteiger partial charge in [0.1, 0.15) is 6.54 Å². The molecule has 1 amide bonds. The summed E-state index contributed by atoms with van der Waals surface area (Å²) >= 11 is 0. The molecule has 0 radical (unpaired) electrons. The van der Waals surface area contributed by atoms with Crippen molar-refractivity contribution in [1.82, 2.24) is 5.32 Å². The molecule has 0 saturated carbocycles. The van der Waals surface area contributed by atoms with Crippen molar-refractivity contribution in [2.24, 2.45) is 0 Å². The van der Waals surface area contributed by atoms with Crippen LogP contribution in [0, 0.1) is 0 Å². The van der Waals surface area contributed by atoms with Gasteiger partial charge >= 0.3 is 6.18 Å². The standard InChI is InChI=1S/C21H25F3N2O5S/c1-20(2,3)25-19(27)13-26(15-8-6-7-14(11-15)21(22,23)24)32(28,29)16-9-10-17(30-4)18(12-16)31-5/h6-12H,13H2,1-5H3,(H,25,27). The van der Waals surface area contributed by atoms with Crippen molar-refractivity contribution >= 4 is 21.6 Å². The predicted molar refractivity (Wildman–Crippen MR) is 113 cm³/mol. The molecule has 0 aromatic heterocycles. The highest BCUT2D eigenvalue weighted by atomic mass is 32.2. The number of alkyl halides is 3. The van der Waals surface area contributed by atoms with Crippen LogP contribution in [-0.4, -0.2) is 40.6 Å². The van der Waals surface area contributed by atoms with Gasteiger partial charge in [-0.15, -0.1) is 0 Å². The molecule has 0 aliphatic rings. The highest BCUT2D eigenvalue weighted by Crippen LogP contribution is 2.35. The molecule has 0 spiro atoms. The highest BCUT2D eigenvalue weighted by Gasteiger charge is 2.34. The van der Waals surface area contributed by atoms with Gasteiger partial charge in [0.2, 0.25) is 5.91 Å². The highest BCUT2D eigenvalue weighted by molar-refractivity contribution is 7.92. The second-order valence-corrected chi connectivity index (χ2v) is 9.74. The van der Waals surface area contributed by atoms with Crippen LogP contribution >= 0.6 is 0 Å². The molecule has 0 aliphatic carbocycles. The van der Waals surface area contributed by atoms with E-state index in [-0.39, 0.29) is 22.1 Å². The first kappa shape index (κ1) is 25.3. The van der Waals surface area contributed by atoms with Gasteiger partial charge in [0.25, 0.3) is 10.0 Å². The number of nitrogens with zero attached hydrogens (tertiary/aromatic N) is 1. The average molecular weight is 475 g/mol. The SMILES string of the molecule is COc1ccc(S(=O)(=O)N(CC(=O)NC(C)(C)C)c2cccc(C(F)(F)F)c2)cc1OC. The van der Waals surface area contributed by atoms with Gasteiger partial charge in [0.05, 0.1) is 30.4 Å². The number of amides is 1. The van der Waals surface area contributed by atoms with Crippen LogP contribution in [0.3, 0.4) is 0 Å². The van der Waals surface area contributed by atoms with Crippen LogP contribution in [0.25, 0.3) is 0 Å². The second kappa shape index (κ2) is 9.27. The summed E-state index contributed by atoms with van der Waals surface area (Å²) in [5.74, 6) is -0.307. The summed E-state index contributed by atoms with van der Waals surface area (Å²) in [6.45, 7) is 4.36. The number of anilines is 1. The smallest absolute Gasteiger partial charge is 0.416 e. The molecular weight excluding hydrogens is 449 g/mol. The van der Waals surface area contributed by atoms with Gasteiger partial charge in [-0.05, 0) is 51.1 Å². The molecular formula is C21H25F3N2O5S. The molecule has 0 heterocycles. The number of hydrogen-bond donors (Lipinski definition) is 1. The lowest BCUT2D eigenvalue weighted by molar-refractivity contribution is -0.137. The summed E-state index contributed by atoms with van der Waals surface area (Å²) in [5, 5.41) is 2.62. The summed E-state index contributed by atoms with van der Waals surface area (Å²) in [7, 11) is -1.77. The molecule has 7 nitrogen and oxygen atoms in total. The van der Waals surface area contributed by atoms with Crippen LogP contribution in [0.2, 0.25) is 0 Å². The zero-order valence-electron chi connectivity index (χ0n) is 18.3. The molecule has 2 aromatic rings. The molecule has 0 atom stereocenters. The van der Waals surface area contributed by atoms with E-state index >= 15 is 0 Å². The van der Waals surface area contributed by atoms with Crippen molar-refractivity contribution in [3.8, 4) is 11.5 Å². The Kier molecular flexibility index (Phi) is 7.33. The Balaban J connectivity index is 2.61. The van der Waals surface area contributed by atoms with Crippen molar-refractivity contribution < 1.29 is 35.9 Å². The average Bonchev–Trinajstić information content (AvgIpc) is 2.69. The molecule has 0 bridgehead atoms. The van der Waals surface area contributed by atoms with Gasteiger partial charge in [-0.3, -0.25) is 9.10 Å². The molecule has 176 valence electrons. The number of hydrogen-bond acceptors (Lipinski definition) is 5. The summed E-state index contributed by atoms with van der Waals surface area (Å²) in [5.41, 5.74) is -2.03. The zero-order valence-corrected chi connectivity index (χ0v) is 19.1. The Labute approximate surface area is 185 Å². The van der Waals surface area contributed by atoms with E-state index in [4.69, 9.17) is 9.47 Å². The van der Waals surface area contributed by atoms with Gasteiger partial charge in [-0.25, -0.2) is 8.42 Å². The third-order valence-corrected chi connectivity index (χ3v) is 5.98. The molecule has 2 aromatic carbocycles. The number of carbonyl (C=O) groups is 1. The Morgan fingerprint density at radius 2 is 1.62 bits per heavy atom. The number of rotatable bonds is 7. The zero-order chi connectivity index (χ0) is 24.3. The van der Waals surface area contributed by atoms with Crippen molar-refractivity contribution in [2.45, 2.75) is 37.4 Å². The molecule has 2 rings (SSSR count). The third kappa shape index (κ3) is 6.06.